The molecule has 2 atom stereocenters. The molecule has 1 aromatic heterocycles. The van der Waals surface area contributed by atoms with Gasteiger partial charge in [0.15, 0.2) is 5.82 Å². The van der Waals surface area contributed by atoms with Crippen LogP contribution >= 0.6 is 11.8 Å². The third-order valence-corrected chi connectivity index (χ3v) is 8.28. The minimum atomic E-state index is 0.0387. The fourth-order valence-electron chi connectivity index (χ4n) is 6.53. The van der Waals surface area contributed by atoms with Gasteiger partial charge >= 0.3 is 0 Å². The van der Waals surface area contributed by atoms with Gasteiger partial charge in [-0.25, -0.2) is 4.98 Å². The van der Waals surface area contributed by atoms with E-state index in [1.54, 1.807) is 0 Å². The highest BCUT2D eigenvalue weighted by Crippen LogP contribution is 2.61. The van der Waals surface area contributed by atoms with Gasteiger partial charge < -0.3 is 10.1 Å². The van der Waals surface area contributed by atoms with Crippen LogP contribution in [0.4, 0.5) is 0 Å². The van der Waals surface area contributed by atoms with Crippen molar-refractivity contribution in [2.75, 3.05) is 12.4 Å². The second-order valence-corrected chi connectivity index (χ2v) is 10.3. The summed E-state index contributed by atoms with van der Waals surface area (Å²) in [6.45, 7) is 3.02. The minimum absolute atomic E-state index is 0.0387. The Morgan fingerprint density at radius 3 is 2.63 bits per heavy atom. The Balaban J connectivity index is 1.14. The summed E-state index contributed by atoms with van der Waals surface area (Å²) in [5.41, 5.74) is 0.354. The minimum Gasteiger partial charge on any atom is -0.370 e. The van der Waals surface area contributed by atoms with E-state index in [4.69, 9.17) is 4.74 Å². The van der Waals surface area contributed by atoms with E-state index >= 15 is 0 Å². The van der Waals surface area contributed by atoms with Crippen LogP contribution < -0.4 is 5.32 Å². The quantitative estimate of drug-likeness (QED) is 0.727. The number of ether oxygens (including phenoxy) is 1. The van der Waals surface area contributed by atoms with Crippen LogP contribution in [0.3, 0.4) is 0 Å². The second-order valence-electron chi connectivity index (χ2n) is 9.36. The molecule has 2 N–H and O–H groups in total. The number of hydrogen-bond donors (Lipinski definition) is 2. The Kier molecular flexibility index (Phi) is 4.71. The number of thioether (sulfide) groups is 1. The van der Waals surface area contributed by atoms with E-state index in [1.165, 1.54) is 50.3 Å². The molecule has 27 heavy (non-hydrogen) atoms. The smallest absolute Gasteiger partial charge is 0.230 e. The van der Waals surface area contributed by atoms with Crippen LogP contribution in [0.2, 0.25) is 0 Å². The zero-order chi connectivity index (χ0) is 18.4. The van der Waals surface area contributed by atoms with Gasteiger partial charge in [0.25, 0.3) is 0 Å². The van der Waals surface area contributed by atoms with Gasteiger partial charge in [0.05, 0.1) is 5.75 Å². The number of carbonyl (C=O) groups is 1. The molecular weight excluding hydrogens is 360 g/mol. The number of amides is 1. The van der Waals surface area contributed by atoms with Crippen LogP contribution in [0, 0.1) is 23.2 Å². The Bertz CT molecular complexity index is 665. The largest absolute Gasteiger partial charge is 0.370 e. The average Bonchev–Trinajstić information content (AvgIpc) is 3.30. The summed E-state index contributed by atoms with van der Waals surface area (Å²) < 4.78 is 5.63. The molecule has 4 saturated carbocycles. The maximum Gasteiger partial charge on any atom is 0.230 e. The van der Waals surface area contributed by atoms with E-state index < -0.39 is 0 Å². The highest BCUT2D eigenvalue weighted by atomic mass is 32.2. The van der Waals surface area contributed by atoms with Gasteiger partial charge in [-0.2, -0.15) is 0 Å². The summed E-state index contributed by atoms with van der Waals surface area (Å²) in [6, 6.07) is 0.272. The Morgan fingerprint density at radius 1 is 1.30 bits per heavy atom. The predicted molar refractivity (Wildman–Crippen MR) is 103 cm³/mol. The lowest BCUT2D eigenvalue weighted by atomic mass is 9.48. The number of aromatic nitrogens is 3. The van der Waals surface area contributed by atoms with Gasteiger partial charge in [-0.05, 0) is 81.5 Å². The van der Waals surface area contributed by atoms with Crippen molar-refractivity contribution in [3.8, 4) is 0 Å². The van der Waals surface area contributed by atoms with Crippen molar-refractivity contribution in [3.05, 3.63) is 5.82 Å². The van der Waals surface area contributed by atoms with E-state index in [9.17, 15) is 4.79 Å². The normalized spacial score (nSPS) is 38.3. The van der Waals surface area contributed by atoms with Gasteiger partial charge in [-0.15, -0.1) is 5.10 Å². The molecule has 1 amide bonds. The first-order chi connectivity index (χ1) is 13.1. The first-order valence-electron chi connectivity index (χ1n) is 10.6. The molecule has 0 aromatic carbocycles. The molecule has 1 aromatic rings. The fourth-order valence-corrected chi connectivity index (χ4v) is 7.15. The number of nitrogens with one attached hydrogen (secondary N) is 2. The Morgan fingerprint density at radius 2 is 2.00 bits per heavy atom. The molecule has 5 aliphatic rings. The molecule has 6 rings (SSSR count). The molecule has 1 saturated heterocycles. The van der Waals surface area contributed by atoms with Crippen molar-refractivity contribution in [2.24, 2.45) is 23.2 Å². The zero-order valence-corrected chi connectivity index (χ0v) is 16.9. The van der Waals surface area contributed by atoms with Gasteiger partial charge in [0.1, 0.15) is 6.10 Å². The van der Waals surface area contributed by atoms with Crippen LogP contribution in [0.5, 0.6) is 0 Å². The molecule has 0 spiro atoms. The summed E-state index contributed by atoms with van der Waals surface area (Å²) in [5, 5.41) is 11.2. The number of aromatic amines is 1. The van der Waals surface area contributed by atoms with Crippen molar-refractivity contribution >= 4 is 17.7 Å². The molecule has 7 heteroatoms. The van der Waals surface area contributed by atoms with Crippen LogP contribution in [0.25, 0.3) is 0 Å². The van der Waals surface area contributed by atoms with E-state index in [-0.39, 0.29) is 18.1 Å². The highest BCUT2D eigenvalue weighted by Gasteiger charge is 2.53. The number of H-pyrrole nitrogens is 1. The molecular formula is C20H30N4O2S. The SMILES string of the molecule is CC(NC(=O)CSc1n[nH]c(C2CCCO2)n1)C12CC3CC(CC(C3)C1)C2. The summed E-state index contributed by atoms with van der Waals surface area (Å²) in [4.78, 5) is 17.0. The molecule has 2 heterocycles. The summed E-state index contributed by atoms with van der Waals surface area (Å²) in [7, 11) is 0. The number of hydrogen-bond acceptors (Lipinski definition) is 5. The first-order valence-corrected chi connectivity index (χ1v) is 11.5. The van der Waals surface area contributed by atoms with Crippen LogP contribution in [0.1, 0.15) is 70.2 Å². The number of rotatable bonds is 6. The third-order valence-electron chi connectivity index (χ3n) is 7.43. The average molecular weight is 391 g/mol. The number of nitrogens with zero attached hydrogens (tertiary/aromatic N) is 2. The van der Waals surface area contributed by atoms with Gasteiger partial charge in [-0.3, -0.25) is 9.89 Å². The second kappa shape index (κ2) is 7.07. The topological polar surface area (TPSA) is 79.9 Å². The molecule has 5 fully saturated rings. The Hall–Kier alpha value is -1.08. The molecule has 4 bridgehead atoms. The molecule has 2 unspecified atom stereocenters. The predicted octanol–water partition coefficient (Wildman–Crippen LogP) is 3.47. The zero-order valence-electron chi connectivity index (χ0n) is 16.1. The summed E-state index contributed by atoms with van der Waals surface area (Å²) in [6.07, 6.45) is 10.4. The van der Waals surface area contributed by atoms with E-state index in [0.717, 1.165) is 43.0 Å². The molecule has 1 aliphatic heterocycles. The standard InChI is InChI=1S/C20H30N4O2S/c1-12(20-8-13-5-14(9-20)7-15(6-13)10-20)21-17(25)11-27-19-22-18(23-24-19)16-3-2-4-26-16/h12-16H,2-11H2,1H3,(H,21,25)(H,22,23,24). The Labute approximate surface area is 165 Å². The summed E-state index contributed by atoms with van der Waals surface area (Å²) >= 11 is 1.41. The highest BCUT2D eigenvalue weighted by molar-refractivity contribution is 7.99. The monoisotopic (exact) mass is 390 g/mol. The van der Waals surface area contributed by atoms with E-state index in [0.29, 0.717) is 16.3 Å². The lowest BCUT2D eigenvalue weighted by molar-refractivity contribution is -0.123. The molecule has 6 nitrogen and oxygen atoms in total. The van der Waals surface area contributed by atoms with Gasteiger partial charge in [-0.1, -0.05) is 11.8 Å². The first kappa shape index (κ1) is 18.0. The molecule has 4 aliphatic carbocycles. The maximum atomic E-state index is 12.6. The maximum absolute atomic E-state index is 12.6. The van der Waals surface area contributed by atoms with E-state index in [1.807, 2.05) is 0 Å². The van der Waals surface area contributed by atoms with Crippen molar-refractivity contribution in [3.63, 3.8) is 0 Å². The number of carbonyl (C=O) groups excluding carboxylic acids is 1. The van der Waals surface area contributed by atoms with Crippen molar-refractivity contribution in [2.45, 2.75) is 75.6 Å². The fraction of sp³-hybridized carbons (Fsp3) is 0.850. The van der Waals surface area contributed by atoms with Crippen molar-refractivity contribution < 1.29 is 9.53 Å². The van der Waals surface area contributed by atoms with Gasteiger partial charge in [0, 0.05) is 12.6 Å². The lowest BCUT2D eigenvalue weighted by Crippen LogP contribution is -2.56. The third kappa shape index (κ3) is 3.53. The van der Waals surface area contributed by atoms with Crippen LogP contribution in [-0.4, -0.2) is 39.5 Å². The molecule has 148 valence electrons. The van der Waals surface area contributed by atoms with Crippen LogP contribution in [-0.2, 0) is 9.53 Å². The lowest BCUT2D eigenvalue weighted by Gasteiger charge is -2.59. The van der Waals surface area contributed by atoms with Crippen molar-refractivity contribution in [1.29, 1.82) is 0 Å². The van der Waals surface area contributed by atoms with Crippen molar-refractivity contribution in [1.82, 2.24) is 20.5 Å². The molecule has 0 radical (unpaired) electrons. The summed E-state index contributed by atoms with van der Waals surface area (Å²) in [5.74, 6) is 4.00. The van der Waals surface area contributed by atoms with E-state index in [2.05, 4.69) is 27.4 Å². The van der Waals surface area contributed by atoms with Gasteiger partial charge in [0.2, 0.25) is 11.1 Å². The van der Waals surface area contributed by atoms with Crippen LogP contribution in [0.15, 0.2) is 5.16 Å².